The highest BCUT2D eigenvalue weighted by Crippen LogP contribution is 2.19. The number of rotatable bonds is 6. The number of carboxylic acid groups (broad SMARTS) is 1. The van der Waals surface area contributed by atoms with Crippen LogP contribution in [0.4, 0.5) is 0 Å². The number of carboxylic acids is 1. The van der Waals surface area contributed by atoms with Crippen LogP contribution in [-0.2, 0) is 10.5 Å². The molecule has 0 amide bonds. The molecule has 0 aromatic carbocycles. The summed E-state index contributed by atoms with van der Waals surface area (Å²) in [5.74, 6) is 0.987. The average molecular weight is 269 g/mol. The molecule has 2 aromatic heterocycles. The highest BCUT2D eigenvalue weighted by molar-refractivity contribution is 7.98. The molecule has 1 unspecified atom stereocenters. The number of nitrogens with zero attached hydrogens (tertiary/aromatic N) is 2. The van der Waals surface area contributed by atoms with E-state index in [9.17, 15) is 4.79 Å². The molecule has 0 aliphatic heterocycles. The molecule has 2 rings (SSSR count). The lowest BCUT2D eigenvalue weighted by Gasteiger charge is -2.03. The van der Waals surface area contributed by atoms with Gasteiger partial charge in [-0.1, -0.05) is 5.16 Å². The first-order chi connectivity index (χ1) is 8.66. The summed E-state index contributed by atoms with van der Waals surface area (Å²) in [4.78, 5) is 14.6. The number of hydrogen-bond acceptors (Lipinski definition) is 7. The van der Waals surface area contributed by atoms with E-state index in [2.05, 4.69) is 10.1 Å². The second kappa shape index (κ2) is 5.69. The molecule has 18 heavy (non-hydrogen) atoms. The fourth-order valence-electron chi connectivity index (χ4n) is 1.16. The van der Waals surface area contributed by atoms with Crippen LogP contribution in [0, 0.1) is 0 Å². The van der Waals surface area contributed by atoms with Crippen LogP contribution in [0.1, 0.15) is 5.82 Å². The lowest BCUT2D eigenvalue weighted by atomic mass is 10.4. The number of thioether (sulfide) groups is 1. The molecule has 2 aromatic rings. The molecule has 0 saturated heterocycles. The Morgan fingerprint density at radius 3 is 3.11 bits per heavy atom. The molecular formula is C10H11N3O4S. The Morgan fingerprint density at radius 1 is 1.61 bits per heavy atom. The van der Waals surface area contributed by atoms with E-state index in [0.717, 1.165) is 0 Å². The maximum atomic E-state index is 10.5. The standard InChI is InChI=1S/C10H11N3O4S/c11-6(10(14)15)4-18-5-8-12-9(17-13-8)7-2-1-3-16-7/h1-3,6H,4-5,11H2,(H,14,15). The summed E-state index contributed by atoms with van der Waals surface area (Å²) in [5, 5.41) is 12.4. The molecule has 0 fully saturated rings. The SMILES string of the molecule is NC(CSCc1noc(-c2ccco2)n1)C(=O)O. The lowest BCUT2D eigenvalue weighted by molar-refractivity contribution is -0.137. The van der Waals surface area contributed by atoms with Gasteiger partial charge < -0.3 is 19.8 Å². The van der Waals surface area contributed by atoms with Crippen LogP contribution in [0.15, 0.2) is 27.3 Å². The Morgan fingerprint density at radius 2 is 2.44 bits per heavy atom. The molecule has 2 heterocycles. The molecule has 0 spiro atoms. The molecule has 0 aliphatic rings. The quantitative estimate of drug-likeness (QED) is 0.797. The molecule has 0 aliphatic carbocycles. The summed E-state index contributed by atoms with van der Waals surface area (Å²) >= 11 is 1.33. The van der Waals surface area contributed by atoms with Crippen LogP contribution in [0.3, 0.4) is 0 Å². The van der Waals surface area contributed by atoms with Crippen molar-refractivity contribution in [2.75, 3.05) is 5.75 Å². The molecular weight excluding hydrogens is 258 g/mol. The smallest absolute Gasteiger partial charge is 0.321 e. The van der Waals surface area contributed by atoms with Crippen LogP contribution in [0.5, 0.6) is 0 Å². The second-order valence-electron chi connectivity index (χ2n) is 3.45. The third-order valence-corrected chi connectivity index (χ3v) is 3.10. The van der Waals surface area contributed by atoms with Gasteiger partial charge in [-0.25, -0.2) is 0 Å². The minimum Gasteiger partial charge on any atom is -0.480 e. The van der Waals surface area contributed by atoms with Gasteiger partial charge in [0.2, 0.25) is 0 Å². The largest absolute Gasteiger partial charge is 0.480 e. The monoisotopic (exact) mass is 269 g/mol. The summed E-state index contributed by atoms with van der Waals surface area (Å²) in [6.07, 6.45) is 1.51. The van der Waals surface area contributed by atoms with Crippen molar-refractivity contribution in [3.8, 4) is 11.7 Å². The normalized spacial score (nSPS) is 12.5. The van der Waals surface area contributed by atoms with Gasteiger partial charge in [0.15, 0.2) is 11.6 Å². The maximum Gasteiger partial charge on any atom is 0.321 e. The first kappa shape index (κ1) is 12.7. The van der Waals surface area contributed by atoms with Gasteiger partial charge in [0.05, 0.1) is 12.0 Å². The molecule has 96 valence electrons. The Bertz CT molecular complexity index is 511. The number of aliphatic carboxylic acids is 1. The number of carbonyl (C=O) groups is 1. The van der Waals surface area contributed by atoms with Crippen molar-refractivity contribution < 1.29 is 18.8 Å². The average Bonchev–Trinajstić information content (AvgIpc) is 2.98. The van der Waals surface area contributed by atoms with E-state index in [1.165, 1.54) is 18.0 Å². The molecule has 1 atom stereocenters. The summed E-state index contributed by atoms with van der Waals surface area (Å²) in [7, 11) is 0. The minimum absolute atomic E-state index is 0.292. The van der Waals surface area contributed by atoms with E-state index in [1.807, 2.05) is 0 Å². The number of furan rings is 1. The molecule has 0 radical (unpaired) electrons. The van der Waals surface area contributed by atoms with Crippen molar-refractivity contribution in [2.45, 2.75) is 11.8 Å². The van der Waals surface area contributed by atoms with Gasteiger partial charge in [0.1, 0.15) is 6.04 Å². The Hall–Kier alpha value is -1.80. The summed E-state index contributed by atoms with van der Waals surface area (Å²) in [6.45, 7) is 0. The second-order valence-corrected chi connectivity index (χ2v) is 4.48. The highest BCUT2D eigenvalue weighted by Gasteiger charge is 2.14. The topological polar surface area (TPSA) is 115 Å². The van der Waals surface area contributed by atoms with Gasteiger partial charge in [-0.3, -0.25) is 4.79 Å². The highest BCUT2D eigenvalue weighted by atomic mass is 32.2. The van der Waals surface area contributed by atoms with Gasteiger partial charge in [0.25, 0.3) is 5.89 Å². The van der Waals surface area contributed by atoms with Gasteiger partial charge in [-0.2, -0.15) is 16.7 Å². The maximum absolute atomic E-state index is 10.5. The van der Waals surface area contributed by atoms with Crippen molar-refractivity contribution in [2.24, 2.45) is 5.73 Å². The van der Waals surface area contributed by atoms with Gasteiger partial charge in [-0.05, 0) is 12.1 Å². The van der Waals surface area contributed by atoms with E-state index in [4.69, 9.17) is 19.8 Å². The van der Waals surface area contributed by atoms with Gasteiger partial charge >= 0.3 is 5.97 Å². The predicted octanol–water partition coefficient (Wildman–Crippen LogP) is 0.975. The third kappa shape index (κ3) is 3.11. The van der Waals surface area contributed by atoms with Crippen LogP contribution < -0.4 is 5.73 Å². The van der Waals surface area contributed by atoms with Crippen LogP contribution in [0.2, 0.25) is 0 Å². The van der Waals surface area contributed by atoms with E-state index < -0.39 is 12.0 Å². The van der Waals surface area contributed by atoms with Gasteiger partial charge in [0, 0.05) is 5.75 Å². The zero-order chi connectivity index (χ0) is 13.0. The zero-order valence-corrected chi connectivity index (χ0v) is 10.1. The fraction of sp³-hybridized carbons (Fsp3) is 0.300. The zero-order valence-electron chi connectivity index (χ0n) is 9.28. The van der Waals surface area contributed by atoms with E-state index >= 15 is 0 Å². The Labute approximate surface area is 106 Å². The lowest BCUT2D eigenvalue weighted by Crippen LogP contribution is -2.32. The number of nitrogens with two attached hydrogens (primary N) is 1. The van der Waals surface area contributed by atoms with E-state index in [1.54, 1.807) is 12.1 Å². The third-order valence-electron chi connectivity index (χ3n) is 2.05. The molecule has 8 heteroatoms. The number of hydrogen-bond donors (Lipinski definition) is 2. The first-order valence-corrected chi connectivity index (χ1v) is 6.25. The Kier molecular flexibility index (Phi) is 4.00. The van der Waals surface area contributed by atoms with Crippen molar-refractivity contribution in [1.82, 2.24) is 10.1 Å². The van der Waals surface area contributed by atoms with Crippen molar-refractivity contribution in [3.63, 3.8) is 0 Å². The molecule has 3 N–H and O–H groups in total. The van der Waals surface area contributed by atoms with Crippen molar-refractivity contribution in [1.29, 1.82) is 0 Å². The molecule has 0 saturated carbocycles. The van der Waals surface area contributed by atoms with Gasteiger partial charge in [-0.15, -0.1) is 0 Å². The van der Waals surface area contributed by atoms with Crippen LogP contribution in [-0.4, -0.2) is 33.0 Å². The molecule has 7 nitrogen and oxygen atoms in total. The fourth-order valence-corrected chi connectivity index (χ4v) is 1.98. The summed E-state index contributed by atoms with van der Waals surface area (Å²) in [6, 6.07) is 2.55. The van der Waals surface area contributed by atoms with Crippen molar-refractivity contribution in [3.05, 3.63) is 24.2 Å². The van der Waals surface area contributed by atoms with E-state index in [-0.39, 0.29) is 0 Å². The molecule has 0 bridgehead atoms. The van der Waals surface area contributed by atoms with Crippen LogP contribution >= 0.6 is 11.8 Å². The summed E-state index contributed by atoms with van der Waals surface area (Å²) < 4.78 is 10.1. The Balaban J connectivity index is 1.86. The number of aromatic nitrogens is 2. The first-order valence-electron chi connectivity index (χ1n) is 5.09. The summed E-state index contributed by atoms with van der Waals surface area (Å²) in [5.41, 5.74) is 5.36. The van der Waals surface area contributed by atoms with Crippen LogP contribution in [0.25, 0.3) is 11.7 Å². The minimum atomic E-state index is -1.02. The van der Waals surface area contributed by atoms with Crippen molar-refractivity contribution >= 4 is 17.7 Å². The predicted molar refractivity (Wildman–Crippen MR) is 63.8 cm³/mol. The van der Waals surface area contributed by atoms with E-state index in [0.29, 0.717) is 29.0 Å².